The second-order valence-electron chi connectivity index (χ2n) is 8.34. The SMILES string of the molecule is CCCCOc1ccc(CN2CCC(Oc3cc(C)nc4c(F)cccc34)CC2)cc1. The summed E-state index contributed by atoms with van der Waals surface area (Å²) in [5.41, 5.74) is 2.46. The largest absolute Gasteiger partial charge is 0.494 e. The van der Waals surface area contributed by atoms with Crippen LogP contribution in [-0.2, 0) is 6.54 Å². The number of hydrogen-bond donors (Lipinski definition) is 0. The molecule has 0 atom stereocenters. The summed E-state index contributed by atoms with van der Waals surface area (Å²) in [6.45, 7) is 7.72. The number of unbranched alkanes of at least 4 members (excludes halogenated alkanes) is 1. The molecule has 3 aromatic rings. The van der Waals surface area contributed by atoms with E-state index in [4.69, 9.17) is 9.47 Å². The topological polar surface area (TPSA) is 34.6 Å². The van der Waals surface area contributed by atoms with Gasteiger partial charge in [0.2, 0.25) is 0 Å². The Morgan fingerprint density at radius 1 is 1.10 bits per heavy atom. The Bertz CT molecular complexity index is 998. The molecule has 31 heavy (non-hydrogen) atoms. The quantitative estimate of drug-likeness (QED) is 0.423. The Hall–Kier alpha value is -2.66. The number of fused-ring (bicyclic) bond motifs is 1. The van der Waals surface area contributed by atoms with Crippen molar-refractivity contribution in [2.45, 2.75) is 52.2 Å². The van der Waals surface area contributed by atoms with Crippen LogP contribution in [0.1, 0.15) is 43.9 Å². The predicted molar refractivity (Wildman–Crippen MR) is 122 cm³/mol. The van der Waals surface area contributed by atoms with Gasteiger partial charge in [-0.15, -0.1) is 0 Å². The van der Waals surface area contributed by atoms with E-state index in [1.165, 1.54) is 11.6 Å². The van der Waals surface area contributed by atoms with Crippen molar-refractivity contribution in [1.82, 2.24) is 9.88 Å². The summed E-state index contributed by atoms with van der Waals surface area (Å²) < 4.78 is 26.2. The van der Waals surface area contributed by atoms with Gasteiger partial charge in [-0.1, -0.05) is 31.5 Å². The molecule has 4 nitrogen and oxygen atoms in total. The third-order valence-electron chi connectivity index (χ3n) is 5.80. The van der Waals surface area contributed by atoms with Crippen molar-refractivity contribution in [2.24, 2.45) is 0 Å². The van der Waals surface area contributed by atoms with Crippen molar-refractivity contribution in [3.8, 4) is 11.5 Å². The maximum absolute atomic E-state index is 14.2. The number of nitrogens with zero attached hydrogens (tertiary/aromatic N) is 2. The fraction of sp³-hybridized carbons (Fsp3) is 0.423. The summed E-state index contributed by atoms with van der Waals surface area (Å²) in [5, 5.41) is 0.745. The highest BCUT2D eigenvalue weighted by atomic mass is 19.1. The molecule has 0 N–H and O–H groups in total. The molecule has 2 aromatic carbocycles. The minimum absolute atomic E-state index is 0.138. The van der Waals surface area contributed by atoms with Gasteiger partial charge in [-0.3, -0.25) is 4.90 Å². The zero-order valence-electron chi connectivity index (χ0n) is 18.4. The Balaban J connectivity index is 1.31. The number of aryl methyl sites for hydroxylation is 1. The maximum Gasteiger partial charge on any atom is 0.149 e. The molecule has 0 bridgehead atoms. The molecule has 164 valence electrons. The van der Waals surface area contributed by atoms with Crippen LogP contribution in [0, 0.1) is 12.7 Å². The number of ether oxygens (including phenoxy) is 2. The standard InChI is InChI=1S/C26H31FN2O2/c1-3-4-16-30-21-10-8-20(9-11-21)18-29-14-12-22(13-15-29)31-25-17-19(2)28-26-23(25)6-5-7-24(26)27/h5-11,17,22H,3-4,12-16,18H2,1-2H3. The molecule has 0 amide bonds. The molecule has 1 aliphatic heterocycles. The Kier molecular flexibility index (Phi) is 7.03. The Labute approximate surface area is 184 Å². The number of halogens is 1. The highest BCUT2D eigenvalue weighted by Gasteiger charge is 2.22. The van der Waals surface area contributed by atoms with Crippen molar-refractivity contribution in [1.29, 1.82) is 0 Å². The zero-order valence-corrected chi connectivity index (χ0v) is 18.4. The van der Waals surface area contributed by atoms with Gasteiger partial charge in [0.1, 0.15) is 28.9 Å². The van der Waals surface area contributed by atoms with Gasteiger partial charge in [0.15, 0.2) is 0 Å². The summed E-state index contributed by atoms with van der Waals surface area (Å²) in [6, 6.07) is 15.4. The minimum Gasteiger partial charge on any atom is -0.494 e. The zero-order chi connectivity index (χ0) is 21.6. The summed E-state index contributed by atoms with van der Waals surface area (Å²) in [5.74, 6) is 1.38. The first-order valence-corrected chi connectivity index (χ1v) is 11.3. The molecule has 5 heteroatoms. The van der Waals surface area contributed by atoms with Crippen molar-refractivity contribution in [3.63, 3.8) is 0 Å². The van der Waals surface area contributed by atoms with E-state index in [0.29, 0.717) is 5.52 Å². The summed E-state index contributed by atoms with van der Waals surface area (Å²) in [7, 11) is 0. The van der Waals surface area contributed by atoms with Gasteiger partial charge < -0.3 is 9.47 Å². The number of benzene rings is 2. The normalized spacial score (nSPS) is 15.3. The predicted octanol–water partition coefficient (Wildman–Crippen LogP) is 5.90. The molecule has 0 aliphatic carbocycles. The molecule has 0 radical (unpaired) electrons. The van der Waals surface area contributed by atoms with Gasteiger partial charge >= 0.3 is 0 Å². The van der Waals surface area contributed by atoms with E-state index >= 15 is 0 Å². The smallest absolute Gasteiger partial charge is 0.149 e. The number of rotatable bonds is 8. The molecule has 1 aliphatic rings. The third kappa shape index (κ3) is 5.53. The Morgan fingerprint density at radius 2 is 1.87 bits per heavy atom. The van der Waals surface area contributed by atoms with E-state index in [9.17, 15) is 4.39 Å². The summed E-state index contributed by atoms with van der Waals surface area (Å²) in [4.78, 5) is 6.80. The highest BCUT2D eigenvalue weighted by molar-refractivity contribution is 5.85. The average molecular weight is 423 g/mol. The van der Waals surface area contributed by atoms with Crippen LogP contribution in [0.2, 0.25) is 0 Å². The van der Waals surface area contributed by atoms with Gasteiger partial charge in [0, 0.05) is 36.8 Å². The number of para-hydroxylation sites is 1. The lowest BCUT2D eigenvalue weighted by Gasteiger charge is -2.32. The fourth-order valence-electron chi connectivity index (χ4n) is 4.05. The van der Waals surface area contributed by atoms with Crippen LogP contribution in [-0.4, -0.2) is 35.7 Å². The molecule has 1 fully saturated rings. The molecule has 4 rings (SSSR count). The fourth-order valence-corrected chi connectivity index (χ4v) is 4.05. The number of hydrogen-bond acceptors (Lipinski definition) is 4. The van der Waals surface area contributed by atoms with Gasteiger partial charge in [-0.2, -0.15) is 0 Å². The average Bonchev–Trinajstić information content (AvgIpc) is 2.77. The van der Waals surface area contributed by atoms with E-state index in [0.717, 1.165) is 74.5 Å². The monoisotopic (exact) mass is 422 g/mol. The number of likely N-dealkylation sites (tertiary alicyclic amines) is 1. The summed E-state index contributed by atoms with van der Waals surface area (Å²) in [6.07, 6.45) is 4.28. The molecule has 0 spiro atoms. The van der Waals surface area contributed by atoms with Gasteiger partial charge in [0.25, 0.3) is 0 Å². The van der Waals surface area contributed by atoms with Gasteiger partial charge in [0.05, 0.1) is 6.61 Å². The van der Waals surface area contributed by atoms with Crippen molar-refractivity contribution < 1.29 is 13.9 Å². The second-order valence-corrected chi connectivity index (χ2v) is 8.34. The van der Waals surface area contributed by atoms with E-state index in [2.05, 4.69) is 41.1 Å². The van der Waals surface area contributed by atoms with Crippen LogP contribution >= 0.6 is 0 Å². The first-order chi connectivity index (χ1) is 15.1. The molecule has 0 saturated carbocycles. The summed E-state index contributed by atoms with van der Waals surface area (Å²) >= 11 is 0. The molecule has 0 unspecified atom stereocenters. The van der Waals surface area contributed by atoms with Crippen molar-refractivity contribution in [3.05, 3.63) is 65.6 Å². The molecule has 1 aromatic heterocycles. The van der Waals surface area contributed by atoms with Crippen LogP contribution < -0.4 is 9.47 Å². The van der Waals surface area contributed by atoms with Crippen LogP contribution in [0.5, 0.6) is 11.5 Å². The molecule has 2 heterocycles. The van der Waals surface area contributed by atoms with Crippen LogP contribution in [0.3, 0.4) is 0 Å². The highest BCUT2D eigenvalue weighted by Crippen LogP contribution is 2.29. The minimum atomic E-state index is -0.303. The second kappa shape index (κ2) is 10.1. The van der Waals surface area contributed by atoms with Gasteiger partial charge in [-0.05, 0) is 56.0 Å². The number of piperidine rings is 1. The lowest BCUT2D eigenvalue weighted by molar-refractivity contribution is 0.0979. The first-order valence-electron chi connectivity index (χ1n) is 11.3. The van der Waals surface area contributed by atoms with Crippen molar-refractivity contribution in [2.75, 3.05) is 19.7 Å². The van der Waals surface area contributed by atoms with Crippen molar-refractivity contribution >= 4 is 10.9 Å². The van der Waals surface area contributed by atoms with E-state index in [1.54, 1.807) is 6.07 Å². The van der Waals surface area contributed by atoms with E-state index in [1.807, 2.05) is 19.1 Å². The molecular formula is C26H31FN2O2. The Morgan fingerprint density at radius 3 is 2.61 bits per heavy atom. The van der Waals surface area contributed by atoms with Crippen LogP contribution in [0.25, 0.3) is 10.9 Å². The molecule has 1 saturated heterocycles. The number of aromatic nitrogens is 1. The third-order valence-corrected chi connectivity index (χ3v) is 5.80. The number of pyridine rings is 1. The van der Waals surface area contributed by atoms with Crippen LogP contribution in [0.4, 0.5) is 4.39 Å². The first kappa shape index (κ1) is 21.6. The molecular weight excluding hydrogens is 391 g/mol. The maximum atomic E-state index is 14.2. The lowest BCUT2D eigenvalue weighted by Crippen LogP contribution is -2.37. The van der Waals surface area contributed by atoms with E-state index in [-0.39, 0.29) is 11.9 Å². The van der Waals surface area contributed by atoms with Gasteiger partial charge in [-0.25, -0.2) is 9.37 Å². The lowest BCUT2D eigenvalue weighted by atomic mass is 10.1. The van der Waals surface area contributed by atoms with Crippen LogP contribution in [0.15, 0.2) is 48.5 Å². The van der Waals surface area contributed by atoms with E-state index < -0.39 is 0 Å².